The molecule has 0 aliphatic rings. The fourth-order valence-corrected chi connectivity index (χ4v) is 1.56. The lowest BCUT2D eigenvalue weighted by Gasteiger charge is -2.07. The molecule has 5 heteroatoms. The van der Waals surface area contributed by atoms with Crippen LogP contribution in [0.2, 0.25) is 0 Å². The summed E-state index contributed by atoms with van der Waals surface area (Å²) in [6, 6.07) is 5.31. The molecule has 0 aliphatic heterocycles. The first-order valence-corrected chi connectivity index (χ1v) is 5.34. The highest BCUT2D eigenvalue weighted by Crippen LogP contribution is 2.26. The summed E-state index contributed by atoms with van der Waals surface area (Å²) in [6.07, 6.45) is 3.63. The average molecular weight is 233 g/mol. The van der Waals surface area contributed by atoms with Gasteiger partial charge in [-0.1, -0.05) is 6.07 Å². The van der Waals surface area contributed by atoms with Crippen molar-refractivity contribution < 1.29 is 9.84 Å². The number of hydrogen-bond acceptors (Lipinski definition) is 4. The monoisotopic (exact) mass is 233 g/mol. The van der Waals surface area contributed by atoms with E-state index in [-0.39, 0.29) is 5.75 Å². The summed E-state index contributed by atoms with van der Waals surface area (Å²) in [6.45, 7) is 1.46. The zero-order chi connectivity index (χ0) is 12.1. The molecule has 0 saturated carbocycles. The van der Waals surface area contributed by atoms with Crippen molar-refractivity contribution in [3.63, 3.8) is 0 Å². The number of aromatic amines is 1. The molecule has 5 nitrogen and oxygen atoms in total. The molecular formula is C12H15N3O2. The lowest BCUT2D eigenvalue weighted by atomic mass is 10.2. The molecule has 3 N–H and O–H groups in total. The largest absolute Gasteiger partial charge is 0.504 e. The first-order chi connectivity index (χ1) is 8.29. The van der Waals surface area contributed by atoms with Crippen molar-refractivity contribution in [1.29, 1.82) is 0 Å². The summed E-state index contributed by atoms with van der Waals surface area (Å²) in [7, 11) is 1.54. The van der Waals surface area contributed by atoms with Crippen molar-refractivity contribution in [2.24, 2.45) is 0 Å². The third-order valence-corrected chi connectivity index (χ3v) is 2.46. The van der Waals surface area contributed by atoms with Gasteiger partial charge in [-0.15, -0.1) is 0 Å². The van der Waals surface area contributed by atoms with Crippen LogP contribution in [0.25, 0.3) is 0 Å². The minimum atomic E-state index is 0.158. The number of ether oxygens (including phenoxy) is 1. The molecule has 17 heavy (non-hydrogen) atoms. The quantitative estimate of drug-likeness (QED) is 0.730. The summed E-state index contributed by atoms with van der Waals surface area (Å²) < 4.78 is 5.05. The van der Waals surface area contributed by atoms with Gasteiger partial charge in [0.15, 0.2) is 11.5 Å². The summed E-state index contributed by atoms with van der Waals surface area (Å²) in [5.41, 5.74) is 2.17. The van der Waals surface area contributed by atoms with Gasteiger partial charge in [0.1, 0.15) is 0 Å². The Labute approximate surface area is 99.4 Å². The minimum absolute atomic E-state index is 0.158. The maximum atomic E-state index is 9.45. The molecule has 0 fully saturated rings. The Bertz CT molecular complexity index is 469. The Morgan fingerprint density at radius 3 is 2.88 bits per heavy atom. The second-order valence-corrected chi connectivity index (χ2v) is 3.72. The van der Waals surface area contributed by atoms with E-state index in [9.17, 15) is 5.11 Å². The molecule has 0 amide bonds. The summed E-state index contributed by atoms with van der Waals surface area (Å²) in [4.78, 5) is 0. The number of rotatable bonds is 5. The van der Waals surface area contributed by atoms with Gasteiger partial charge in [-0.05, 0) is 17.7 Å². The number of H-pyrrole nitrogens is 1. The fraction of sp³-hybridized carbons (Fsp3) is 0.250. The lowest BCUT2D eigenvalue weighted by Crippen LogP contribution is -2.12. The molecular weight excluding hydrogens is 218 g/mol. The Morgan fingerprint density at radius 1 is 1.35 bits per heavy atom. The third-order valence-electron chi connectivity index (χ3n) is 2.46. The Morgan fingerprint density at radius 2 is 2.18 bits per heavy atom. The van der Waals surface area contributed by atoms with Crippen molar-refractivity contribution in [1.82, 2.24) is 15.5 Å². The van der Waals surface area contributed by atoms with Crippen LogP contribution in [0.4, 0.5) is 0 Å². The first kappa shape index (κ1) is 11.5. The maximum absolute atomic E-state index is 9.45. The van der Waals surface area contributed by atoms with Crippen LogP contribution in [0, 0.1) is 0 Å². The number of nitrogens with one attached hydrogen (secondary N) is 2. The van der Waals surface area contributed by atoms with E-state index in [2.05, 4.69) is 15.5 Å². The first-order valence-electron chi connectivity index (χ1n) is 5.34. The molecule has 1 heterocycles. The number of aromatic nitrogens is 2. The van der Waals surface area contributed by atoms with Crippen molar-refractivity contribution >= 4 is 0 Å². The molecule has 90 valence electrons. The van der Waals surface area contributed by atoms with Crippen molar-refractivity contribution in [3.05, 3.63) is 41.7 Å². The number of aromatic hydroxyl groups is 1. The number of nitrogens with zero attached hydrogens (tertiary/aromatic N) is 1. The van der Waals surface area contributed by atoms with Crippen LogP contribution in [0.3, 0.4) is 0 Å². The molecule has 0 atom stereocenters. The molecule has 0 unspecified atom stereocenters. The van der Waals surface area contributed by atoms with Gasteiger partial charge in [0.2, 0.25) is 0 Å². The molecule has 2 aromatic rings. The van der Waals surface area contributed by atoms with Gasteiger partial charge in [0, 0.05) is 24.8 Å². The van der Waals surface area contributed by atoms with E-state index in [1.807, 2.05) is 18.3 Å². The fourth-order valence-electron chi connectivity index (χ4n) is 1.56. The smallest absolute Gasteiger partial charge is 0.160 e. The van der Waals surface area contributed by atoms with Gasteiger partial charge in [-0.2, -0.15) is 5.10 Å². The van der Waals surface area contributed by atoms with Gasteiger partial charge in [0.05, 0.1) is 13.3 Å². The maximum Gasteiger partial charge on any atom is 0.160 e. The van der Waals surface area contributed by atoms with E-state index in [0.29, 0.717) is 12.3 Å². The van der Waals surface area contributed by atoms with Gasteiger partial charge in [-0.25, -0.2) is 0 Å². The SMILES string of the molecule is COc1cc(CNCc2cn[nH]c2)ccc1O. The molecule has 0 aliphatic carbocycles. The van der Waals surface area contributed by atoms with Crippen LogP contribution in [0.15, 0.2) is 30.6 Å². The number of phenols is 1. The molecule has 0 radical (unpaired) electrons. The van der Waals surface area contributed by atoms with E-state index >= 15 is 0 Å². The van der Waals surface area contributed by atoms with Gasteiger partial charge in [0.25, 0.3) is 0 Å². The van der Waals surface area contributed by atoms with Crippen molar-refractivity contribution in [2.45, 2.75) is 13.1 Å². The van der Waals surface area contributed by atoms with E-state index in [1.54, 1.807) is 12.3 Å². The Balaban J connectivity index is 1.90. The van der Waals surface area contributed by atoms with Crippen LogP contribution < -0.4 is 10.1 Å². The number of hydrogen-bond donors (Lipinski definition) is 3. The van der Waals surface area contributed by atoms with Crippen LogP contribution >= 0.6 is 0 Å². The van der Waals surface area contributed by atoms with Crippen molar-refractivity contribution in [2.75, 3.05) is 7.11 Å². The second kappa shape index (κ2) is 5.36. The van der Waals surface area contributed by atoms with Gasteiger partial charge >= 0.3 is 0 Å². The minimum Gasteiger partial charge on any atom is -0.504 e. The third kappa shape index (κ3) is 2.98. The van der Waals surface area contributed by atoms with Crippen LogP contribution in [0.5, 0.6) is 11.5 Å². The summed E-state index contributed by atoms with van der Waals surface area (Å²) >= 11 is 0. The lowest BCUT2D eigenvalue weighted by molar-refractivity contribution is 0.373. The van der Waals surface area contributed by atoms with E-state index in [4.69, 9.17) is 4.74 Å². The molecule has 0 saturated heterocycles. The highest BCUT2D eigenvalue weighted by atomic mass is 16.5. The van der Waals surface area contributed by atoms with Crippen LogP contribution in [0.1, 0.15) is 11.1 Å². The van der Waals surface area contributed by atoms with Gasteiger partial charge in [-0.3, -0.25) is 5.10 Å². The average Bonchev–Trinajstić information content (AvgIpc) is 2.84. The molecule has 1 aromatic heterocycles. The molecule has 1 aromatic carbocycles. The normalized spacial score (nSPS) is 10.4. The summed E-state index contributed by atoms with van der Waals surface area (Å²) in [5, 5.41) is 19.4. The predicted octanol–water partition coefficient (Wildman–Crippen LogP) is 1.41. The zero-order valence-corrected chi connectivity index (χ0v) is 9.60. The predicted molar refractivity (Wildman–Crippen MR) is 63.8 cm³/mol. The molecule has 0 spiro atoms. The number of methoxy groups -OCH3 is 1. The van der Waals surface area contributed by atoms with Gasteiger partial charge < -0.3 is 15.2 Å². The summed E-state index contributed by atoms with van der Waals surface area (Å²) in [5.74, 6) is 0.652. The second-order valence-electron chi connectivity index (χ2n) is 3.72. The highest BCUT2D eigenvalue weighted by Gasteiger charge is 2.02. The number of phenolic OH excluding ortho intramolecular Hbond substituents is 1. The van der Waals surface area contributed by atoms with E-state index in [1.165, 1.54) is 7.11 Å². The van der Waals surface area contributed by atoms with Crippen LogP contribution in [-0.4, -0.2) is 22.4 Å². The Kier molecular flexibility index (Phi) is 3.62. The zero-order valence-electron chi connectivity index (χ0n) is 9.60. The highest BCUT2D eigenvalue weighted by molar-refractivity contribution is 5.41. The topological polar surface area (TPSA) is 70.2 Å². The molecule has 2 rings (SSSR count). The molecule has 0 bridgehead atoms. The van der Waals surface area contributed by atoms with E-state index in [0.717, 1.165) is 17.7 Å². The van der Waals surface area contributed by atoms with E-state index < -0.39 is 0 Å². The number of benzene rings is 1. The standard InChI is InChI=1S/C12H15N3O2/c1-17-12-4-9(2-3-11(12)16)5-13-6-10-7-14-15-8-10/h2-4,7-8,13,16H,5-6H2,1H3,(H,14,15). The Hall–Kier alpha value is -2.01. The van der Waals surface area contributed by atoms with Crippen LogP contribution in [-0.2, 0) is 13.1 Å². The van der Waals surface area contributed by atoms with Crippen molar-refractivity contribution in [3.8, 4) is 11.5 Å².